The van der Waals surface area contributed by atoms with Crippen LogP contribution in [0.4, 0.5) is 5.88 Å². The van der Waals surface area contributed by atoms with Crippen molar-refractivity contribution in [3.63, 3.8) is 0 Å². The fourth-order valence-corrected chi connectivity index (χ4v) is 2.13. The van der Waals surface area contributed by atoms with Crippen molar-refractivity contribution >= 4 is 23.3 Å². The SMILES string of the molecule is O=C(CNc1cc(-c2ccc(Cl)cc2)no1)c1ccccc1. The lowest BCUT2D eigenvalue weighted by atomic mass is 10.1. The zero-order valence-corrected chi connectivity index (χ0v) is 12.4. The lowest BCUT2D eigenvalue weighted by Gasteiger charge is -2.01. The van der Waals surface area contributed by atoms with Gasteiger partial charge in [0.1, 0.15) is 5.69 Å². The van der Waals surface area contributed by atoms with Gasteiger partial charge in [-0.25, -0.2) is 0 Å². The quantitative estimate of drug-likeness (QED) is 0.714. The van der Waals surface area contributed by atoms with Crippen molar-refractivity contribution in [3.05, 3.63) is 71.2 Å². The molecule has 0 unspecified atom stereocenters. The van der Waals surface area contributed by atoms with E-state index in [4.69, 9.17) is 16.1 Å². The Kier molecular flexibility index (Phi) is 4.21. The molecule has 1 heterocycles. The van der Waals surface area contributed by atoms with E-state index in [1.54, 1.807) is 30.3 Å². The number of nitrogens with one attached hydrogen (secondary N) is 1. The minimum atomic E-state index is -0.00922. The third-order valence-corrected chi connectivity index (χ3v) is 3.42. The van der Waals surface area contributed by atoms with Gasteiger partial charge < -0.3 is 9.84 Å². The first-order chi connectivity index (χ1) is 10.7. The standard InChI is InChI=1S/C17H13ClN2O2/c18-14-8-6-12(7-9-14)15-10-17(22-20-15)19-11-16(21)13-4-2-1-3-5-13/h1-10,19H,11H2. The molecule has 0 saturated carbocycles. The molecule has 0 saturated heterocycles. The van der Waals surface area contributed by atoms with Crippen LogP contribution in [0.2, 0.25) is 5.02 Å². The first kappa shape index (κ1) is 14.4. The Morgan fingerprint density at radius 1 is 1.09 bits per heavy atom. The second kappa shape index (κ2) is 6.45. The van der Waals surface area contributed by atoms with Crippen LogP contribution in [-0.2, 0) is 0 Å². The van der Waals surface area contributed by atoms with E-state index in [-0.39, 0.29) is 12.3 Å². The van der Waals surface area contributed by atoms with Gasteiger partial charge in [0.25, 0.3) is 0 Å². The molecule has 3 rings (SSSR count). The second-order valence-electron chi connectivity index (χ2n) is 4.73. The number of hydrogen-bond donors (Lipinski definition) is 1. The molecule has 0 fully saturated rings. The second-order valence-corrected chi connectivity index (χ2v) is 5.16. The summed E-state index contributed by atoms with van der Waals surface area (Å²) in [6.07, 6.45) is 0. The first-order valence-electron chi connectivity index (χ1n) is 6.77. The van der Waals surface area contributed by atoms with Crippen molar-refractivity contribution in [3.8, 4) is 11.3 Å². The fourth-order valence-electron chi connectivity index (χ4n) is 2.01. The molecule has 0 bridgehead atoms. The molecule has 110 valence electrons. The molecular formula is C17H13ClN2O2. The lowest BCUT2D eigenvalue weighted by molar-refractivity contribution is 0.101. The van der Waals surface area contributed by atoms with E-state index < -0.39 is 0 Å². The first-order valence-corrected chi connectivity index (χ1v) is 7.15. The highest BCUT2D eigenvalue weighted by atomic mass is 35.5. The number of halogens is 1. The highest BCUT2D eigenvalue weighted by Gasteiger charge is 2.09. The summed E-state index contributed by atoms with van der Waals surface area (Å²) in [5.74, 6) is 0.444. The monoisotopic (exact) mass is 312 g/mol. The minimum absolute atomic E-state index is 0.00922. The number of carbonyl (C=O) groups is 1. The maximum Gasteiger partial charge on any atom is 0.225 e. The van der Waals surface area contributed by atoms with Crippen LogP contribution in [0, 0.1) is 0 Å². The average Bonchev–Trinajstić information content (AvgIpc) is 3.03. The summed E-state index contributed by atoms with van der Waals surface area (Å²) >= 11 is 5.85. The summed E-state index contributed by atoms with van der Waals surface area (Å²) in [5, 5.41) is 7.58. The zero-order valence-electron chi connectivity index (χ0n) is 11.6. The van der Waals surface area contributed by atoms with Crippen LogP contribution < -0.4 is 5.32 Å². The molecule has 2 aromatic carbocycles. The third kappa shape index (κ3) is 3.35. The Balaban J connectivity index is 1.65. The van der Waals surface area contributed by atoms with E-state index in [9.17, 15) is 4.79 Å². The molecule has 1 N–H and O–H groups in total. The van der Waals surface area contributed by atoms with Crippen molar-refractivity contribution in [1.82, 2.24) is 5.16 Å². The summed E-state index contributed by atoms with van der Waals surface area (Å²) in [6.45, 7) is 0.152. The van der Waals surface area contributed by atoms with Crippen LogP contribution in [0.15, 0.2) is 65.2 Å². The van der Waals surface area contributed by atoms with Crippen LogP contribution in [0.3, 0.4) is 0 Å². The molecule has 5 heteroatoms. The van der Waals surface area contributed by atoms with E-state index in [1.807, 2.05) is 30.3 Å². The van der Waals surface area contributed by atoms with Gasteiger partial charge in [-0.1, -0.05) is 59.2 Å². The fraction of sp³-hybridized carbons (Fsp3) is 0.0588. The van der Waals surface area contributed by atoms with Gasteiger partial charge in [0.15, 0.2) is 5.78 Å². The predicted molar refractivity (Wildman–Crippen MR) is 86.2 cm³/mol. The smallest absolute Gasteiger partial charge is 0.225 e. The van der Waals surface area contributed by atoms with E-state index in [2.05, 4.69) is 10.5 Å². The number of carbonyl (C=O) groups excluding carboxylic acids is 1. The summed E-state index contributed by atoms with van der Waals surface area (Å²) in [4.78, 5) is 12.0. The summed E-state index contributed by atoms with van der Waals surface area (Å²) in [7, 11) is 0. The number of anilines is 1. The van der Waals surface area contributed by atoms with Gasteiger partial charge in [0.2, 0.25) is 5.88 Å². The molecule has 0 spiro atoms. The van der Waals surface area contributed by atoms with Crippen LogP contribution in [0.25, 0.3) is 11.3 Å². The Morgan fingerprint density at radius 2 is 1.82 bits per heavy atom. The van der Waals surface area contributed by atoms with Gasteiger partial charge >= 0.3 is 0 Å². The Labute approximate surface area is 132 Å². The Morgan fingerprint density at radius 3 is 2.55 bits per heavy atom. The van der Waals surface area contributed by atoms with Crippen molar-refractivity contribution in [2.24, 2.45) is 0 Å². The van der Waals surface area contributed by atoms with E-state index >= 15 is 0 Å². The summed E-state index contributed by atoms with van der Waals surface area (Å²) in [6, 6.07) is 18.2. The highest BCUT2D eigenvalue weighted by Crippen LogP contribution is 2.23. The maximum atomic E-state index is 12.0. The molecule has 4 nitrogen and oxygen atoms in total. The van der Waals surface area contributed by atoms with Gasteiger partial charge in [-0.2, -0.15) is 0 Å². The maximum absolute atomic E-state index is 12.0. The van der Waals surface area contributed by atoms with E-state index in [1.165, 1.54) is 0 Å². The Hall–Kier alpha value is -2.59. The van der Waals surface area contributed by atoms with Crippen molar-refractivity contribution in [2.45, 2.75) is 0 Å². The van der Waals surface area contributed by atoms with E-state index in [0.29, 0.717) is 22.2 Å². The number of hydrogen-bond acceptors (Lipinski definition) is 4. The third-order valence-electron chi connectivity index (χ3n) is 3.17. The van der Waals surface area contributed by atoms with Gasteiger partial charge in [-0.3, -0.25) is 4.79 Å². The average molecular weight is 313 g/mol. The van der Waals surface area contributed by atoms with Crippen molar-refractivity contribution in [1.29, 1.82) is 0 Å². The van der Waals surface area contributed by atoms with Crippen molar-refractivity contribution < 1.29 is 9.32 Å². The topological polar surface area (TPSA) is 55.1 Å². The van der Waals surface area contributed by atoms with Crippen molar-refractivity contribution in [2.75, 3.05) is 11.9 Å². The van der Waals surface area contributed by atoms with Crippen LogP contribution in [0.5, 0.6) is 0 Å². The lowest BCUT2D eigenvalue weighted by Crippen LogP contribution is -2.13. The number of nitrogens with zero attached hydrogens (tertiary/aromatic N) is 1. The van der Waals surface area contributed by atoms with Gasteiger partial charge in [-0.15, -0.1) is 0 Å². The molecule has 3 aromatic rings. The van der Waals surface area contributed by atoms with Gasteiger partial charge in [0, 0.05) is 22.2 Å². The molecule has 0 aliphatic heterocycles. The van der Waals surface area contributed by atoms with E-state index in [0.717, 1.165) is 5.56 Å². The van der Waals surface area contributed by atoms with Crippen LogP contribution >= 0.6 is 11.6 Å². The number of Topliss-reactive ketones (excluding diaryl/α,β-unsaturated/α-hetero) is 1. The molecule has 1 aromatic heterocycles. The number of rotatable bonds is 5. The molecule has 0 aliphatic carbocycles. The van der Waals surface area contributed by atoms with Crippen LogP contribution in [0.1, 0.15) is 10.4 Å². The molecule has 0 atom stereocenters. The Bertz CT molecular complexity index is 767. The largest absolute Gasteiger partial charge is 0.347 e. The summed E-state index contributed by atoms with van der Waals surface area (Å²) < 4.78 is 5.19. The minimum Gasteiger partial charge on any atom is -0.347 e. The zero-order chi connectivity index (χ0) is 15.4. The van der Waals surface area contributed by atoms with Crippen LogP contribution in [-0.4, -0.2) is 17.5 Å². The molecule has 22 heavy (non-hydrogen) atoms. The number of benzene rings is 2. The molecule has 0 aliphatic rings. The molecule has 0 radical (unpaired) electrons. The van der Waals surface area contributed by atoms with Gasteiger partial charge in [0.05, 0.1) is 6.54 Å². The normalized spacial score (nSPS) is 10.4. The molecule has 0 amide bonds. The van der Waals surface area contributed by atoms with Gasteiger partial charge in [-0.05, 0) is 12.1 Å². The predicted octanol–water partition coefficient (Wildman–Crippen LogP) is 4.29. The number of aromatic nitrogens is 1. The summed E-state index contributed by atoms with van der Waals surface area (Å²) in [5.41, 5.74) is 2.24. The molecular weight excluding hydrogens is 300 g/mol. The number of ketones is 1. The highest BCUT2D eigenvalue weighted by molar-refractivity contribution is 6.30.